The minimum absolute atomic E-state index is 0.129. The van der Waals surface area contributed by atoms with Crippen LogP contribution in [0.1, 0.15) is 0 Å². The Kier molecular flexibility index (Phi) is 2.32. The van der Waals surface area contributed by atoms with Crippen molar-refractivity contribution in [1.29, 1.82) is 0 Å². The lowest BCUT2D eigenvalue weighted by Crippen LogP contribution is -2.35. The summed E-state index contributed by atoms with van der Waals surface area (Å²) in [6.45, 7) is 0. The van der Waals surface area contributed by atoms with Gasteiger partial charge in [-0.25, -0.2) is 0 Å². The molecule has 2 rings (SSSR count). The molecule has 2 aromatic heterocycles. The predicted octanol–water partition coefficient (Wildman–Crippen LogP) is -0.116. The molecule has 0 fully saturated rings. The standard InChI is InChI=1S/C7H3ClN4O5/c8-3-1-2-4(5(10-3)12(16)17)11(15)7(14)6(13)9-2/h1,15H,(H,9,13). The minimum Gasteiger partial charge on any atom is -0.424 e. The third-order valence-corrected chi connectivity index (χ3v) is 2.16. The summed E-state index contributed by atoms with van der Waals surface area (Å²) in [7, 11) is 0. The Morgan fingerprint density at radius 2 is 2.18 bits per heavy atom. The van der Waals surface area contributed by atoms with E-state index in [2.05, 4.69) is 9.97 Å². The molecule has 0 saturated heterocycles. The molecule has 0 aromatic carbocycles. The summed E-state index contributed by atoms with van der Waals surface area (Å²) in [4.78, 5) is 37.4. The highest BCUT2D eigenvalue weighted by Crippen LogP contribution is 2.22. The number of halogens is 1. The number of nitro groups is 1. The van der Waals surface area contributed by atoms with E-state index in [9.17, 15) is 24.9 Å². The van der Waals surface area contributed by atoms with E-state index < -0.39 is 27.4 Å². The van der Waals surface area contributed by atoms with E-state index >= 15 is 0 Å². The Labute approximate surface area is 96.0 Å². The van der Waals surface area contributed by atoms with Gasteiger partial charge in [0.05, 0.1) is 5.52 Å². The van der Waals surface area contributed by atoms with Gasteiger partial charge in [0.15, 0.2) is 0 Å². The molecule has 0 amide bonds. The molecule has 0 aliphatic heterocycles. The Morgan fingerprint density at radius 3 is 2.76 bits per heavy atom. The molecule has 0 bridgehead atoms. The van der Waals surface area contributed by atoms with Crippen molar-refractivity contribution in [1.82, 2.24) is 14.7 Å². The molecule has 10 heteroatoms. The second-order valence-corrected chi connectivity index (χ2v) is 3.38. The van der Waals surface area contributed by atoms with Gasteiger partial charge in [-0.2, -0.15) is 0 Å². The van der Waals surface area contributed by atoms with Crippen LogP contribution in [-0.4, -0.2) is 24.8 Å². The summed E-state index contributed by atoms with van der Waals surface area (Å²) in [5.74, 6) is -0.830. The van der Waals surface area contributed by atoms with E-state index in [1.807, 2.05) is 0 Å². The van der Waals surface area contributed by atoms with Gasteiger partial charge in [0.1, 0.15) is 0 Å². The van der Waals surface area contributed by atoms with Crippen LogP contribution in [0.5, 0.6) is 0 Å². The van der Waals surface area contributed by atoms with Gasteiger partial charge < -0.3 is 20.3 Å². The fourth-order valence-corrected chi connectivity index (χ4v) is 1.49. The molecule has 0 spiro atoms. The van der Waals surface area contributed by atoms with Crippen LogP contribution in [0.15, 0.2) is 15.7 Å². The number of hydrogen-bond acceptors (Lipinski definition) is 6. The first-order chi connectivity index (χ1) is 7.91. The second kappa shape index (κ2) is 3.56. The molecule has 88 valence electrons. The molecule has 2 heterocycles. The van der Waals surface area contributed by atoms with Gasteiger partial charge in [-0.05, 0) is 21.5 Å². The summed E-state index contributed by atoms with van der Waals surface area (Å²) in [5.41, 5.74) is -3.16. The third-order valence-electron chi connectivity index (χ3n) is 1.96. The average molecular weight is 259 g/mol. The first kappa shape index (κ1) is 11.1. The Hall–Kier alpha value is -2.42. The number of aromatic nitrogens is 3. The molecule has 0 aliphatic rings. The maximum absolute atomic E-state index is 11.1. The lowest BCUT2D eigenvalue weighted by atomic mass is 10.3. The summed E-state index contributed by atoms with van der Waals surface area (Å²) in [5, 5.41) is 19.8. The maximum Gasteiger partial charge on any atom is 0.394 e. The molecular formula is C7H3ClN4O5. The van der Waals surface area contributed by atoms with Gasteiger partial charge in [0, 0.05) is 6.07 Å². The monoisotopic (exact) mass is 258 g/mol. The zero-order valence-corrected chi connectivity index (χ0v) is 8.63. The molecule has 17 heavy (non-hydrogen) atoms. The number of pyridine rings is 1. The zero-order valence-electron chi connectivity index (χ0n) is 7.88. The van der Waals surface area contributed by atoms with Crippen LogP contribution >= 0.6 is 11.6 Å². The average Bonchev–Trinajstić information content (AvgIpc) is 2.24. The zero-order chi connectivity index (χ0) is 12.7. The summed E-state index contributed by atoms with van der Waals surface area (Å²) in [6, 6.07) is 1.08. The van der Waals surface area contributed by atoms with Crippen molar-refractivity contribution >= 4 is 28.5 Å². The molecule has 0 unspecified atom stereocenters. The first-order valence-electron chi connectivity index (χ1n) is 4.11. The molecule has 2 aromatic rings. The summed E-state index contributed by atoms with van der Waals surface area (Å²) in [6.07, 6.45) is 0. The molecule has 2 N–H and O–H groups in total. The minimum atomic E-state index is -1.34. The van der Waals surface area contributed by atoms with Gasteiger partial charge in [0.2, 0.25) is 10.7 Å². The van der Waals surface area contributed by atoms with E-state index in [0.717, 1.165) is 6.07 Å². The van der Waals surface area contributed by atoms with Crippen molar-refractivity contribution in [3.8, 4) is 0 Å². The largest absolute Gasteiger partial charge is 0.424 e. The summed E-state index contributed by atoms with van der Waals surface area (Å²) >= 11 is 5.51. The third kappa shape index (κ3) is 1.61. The van der Waals surface area contributed by atoms with Crippen molar-refractivity contribution in [3.05, 3.63) is 42.0 Å². The van der Waals surface area contributed by atoms with Crippen LogP contribution in [0, 0.1) is 10.1 Å². The predicted molar refractivity (Wildman–Crippen MR) is 55.5 cm³/mol. The van der Waals surface area contributed by atoms with Gasteiger partial charge in [-0.15, -0.1) is 4.73 Å². The van der Waals surface area contributed by atoms with Gasteiger partial charge in [-0.1, -0.05) is 0 Å². The number of fused-ring (bicyclic) bond motifs is 1. The van der Waals surface area contributed by atoms with Crippen LogP contribution in [-0.2, 0) is 0 Å². The van der Waals surface area contributed by atoms with E-state index in [0.29, 0.717) is 0 Å². The number of nitrogens with zero attached hydrogens (tertiary/aromatic N) is 3. The second-order valence-electron chi connectivity index (χ2n) is 2.99. The highest BCUT2D eigenvalue weighted by atomic mass is 35.5. The van der Waals surface area contributed by atoms with Crippen molar-refractivity contribution in [3.63, 3.8) is 0 Å². The van der Waals surface area contributed by atoms with Crippen LogP contribution in [0.25, 0.3) is 11.0 Å². The van der Waals surface area contributed by atoms with Crippen molar-refractivity contribution in [2.75, 3.05) is 0 Å². The fraction of sp³-hybridized carbons (Fsp3) is 0. The van der Waals surface area contributed by atoms with Crippen LogP contribution in [0.4, 0.5) is 5.82 Å². The van der Waals surface area contributed by atoms with Gasteiger partial charge in [0.25, 0.3) is 0 Å². The quantitative estimate of drug-likeness (QED) is 0.241. The Balaban J connectivity index is 3.12. The SMILES string of the molecule is O=c1[nH]c2cc(Cl)nc([N+](=O)[O-])c2n(O)c1=O. The smallest absolute Gasteiger partial charge is 0.394 e. The topological polar surface area (TPSA) is 131 Å². The number of H-pyrrole nitrogens is 1. The lowest BCUT2D eigenvalue weighted by molar-refractivity contribution is -0.388. The molecule has 0 radical (unpaired) electrons. The fourth-order valence-electron chi connectivity index (χ4n) is 1.30. The Bertz CT molecular complexity index is 748. The van der Waals surface area contributed by atoms with E-state index in [-0.39, 0.29) is 15.4 Å². The number of aromatic amines is 1. The van der Waals surface area contributed by atoms with Crippen LogP contribution in [0.2, 0.25) is 5.15 Å². The molecule has 0 atom stereocenters. The van der Waals surface area contributed by atoms with Crippen LogP contribution < -0.4 is 11.1 Å². The van der Waals surface area contributed by atoms with E-state index in [4.69, 9.17) is 11.6 Å². The number of hydrogen-bond donors (Lipinski definition) is 2. The molecule has 0 aliphatic carbocycles. The number of rotatable bonds is 1. The van der Waals surface area contributed by atoms with Gasteiger partial charge >= 0.3 is 16.9 Å². The lowest BCUT2D eigenvalue weighted by Gasteiger charge is -2.02. The number of nitrogens with one attached hydrogen (secondary N) is 1. The van der Waals surface area contributed by atoms with Gasteiger partial charge in [-0.3, -0.25) is 9.59 Å². The summed E-state index contributed by atoms with van der Waals surface area (Å²) < 4.78 is -0.129. The highest BCUT2D eigenvalue weighted by molar-refractivity contribution is 6.30. The molecule has 0 saturated carbocycles. The van der Waals surface area contributed by atoms with Crippen molar-refractivity contribution < 1.29 is 10.1 Å². The molecular weight excluding hydrogens is 256 g/mol. The van der Waals surface area contributed by atoms with Crippen molar-refractivity contribution in [2.45, 2.75) is 0 Å². The van der Waals surface area contributed by atoms with E-state index in [1.54, 1.807) is 0 Å². The maximum atomic E-state index is 11.1. The normalized spacial score (nSPS) is 10.6. The van der Waals surface area contributed by atoms with Crippen molar-refractivity contribution in [2.24, 2.45) is 0 Å². The Morgan fingerprint density at radius 1 is 1.53 bits per heavy atom. The van der Waals surface area contributed by atoms with E-state index in [1.165, 1.54) is 0 Å². The first-order valence-corrected chi connectivity index (χ1v) is 4.49. The highest BCUT2D eigenvalue weighted by Gasteiger charge is 2.22. The van der Waals surface area contributed by atoms with Crippen LogP contribution in [0.3, 0.4) is 0 Å². The molecule has 9 nitrogen and oxygen atoms in total.